The number of carbonyl (C=O) groups is 1. The van der Waals surface area contributed by atoms with Crippen LogP contribution in [0.25, 0.3) is 0 Å². The number of rotatable bonds is 1. The third-order valence-electron chi connectivity index (χ3n) is 0.510. The molecule has 0 saturated heterocycles. The summed E-state index contributed by atoms with van der Waals surface area (Å²) in [6.45, 7) is 0. The average molecular weight is 117 g/mol. The number of nitrogens with two attached hydrogens (primary N) is 3. The van der Waals surface area contributed by atoms with Crippen LogP contribution in [-0.2, 0) is 4.79 Å². The minimum absolute atomic E-state index is 0.222. The molecule has 0 atom stereocenters. The lowest BCUT2D eigenvalue weighted by molar-refractivity contribution is -0.115. The third-order valence-corrected chi connectivity index (χ3v) is 0.510. The number of amides is 1. The van der Waals surface area contributed by atoms with Crippen LogP contribution in [0.5, 0.6) is 0 Å². The predicted octanol–water partition coefficient (Wildman–Crippen LogP) is -2.49. The van der Waals surface area contributed by atoms with Crippen LogP contribution in [0.15, 0.2) is 5.10 Å². The third kappa shape index (κ3) is 1.43. The SMILES string of the molecule is N/N=C(\N)N(N)C=O. The monoisotopic (exact) mass is 117 g/mol. The van der Waals surface area contributed by atoms with Gasteiger partial charge in [-0.3, -0.25) is 4.79 Å². The van der Waals surface area contributed by atoms with E-state index in [2.05, 4.69) is 10.9 Å². The largest absolute Gasteiger partial charge is 0.367 e. The van der Waals surface area contributed by atoms with E-state index < -0.39 is 0 Å². The minimum atomic E-state index is -0.222. The van der Waals surface area contributed by atoms with Crippen LogP contribution < -0.4 is 17.4 Å². The molecular weight excluding hydrogens is 110 g/mol. The van der Waals surface area contributed by atoms with Crippen molar-refractivity contribution in [3.8, 4) is 0 Å². The van der Waals surface area contributed by atoms with Gasteiger partial charge in [-0.1, -0.05) is 0 Å². The smallest absolute Gasteiger partial charge is 0.234 e. The lowest BCUT2D eigenvalue weighted by Crippen LogP contribution is -2.42. The van der Waals surface area contributed by atoms with Crippen LogP contribution in [0.3, 0.4) is 0 Å². The van der Waals surface area contributed by atoms with Gasteiger partial charge in [0.05, 0.1) is 0 Å². The van der Waals surface area contributed by atoms with E-state index in [1.54, 1.807) is 0 Å². The van der Waals surface area contributed by atoms with Crippen molar-refractivity contribution in [1.82, 2.24) is 5.01 Å². The molecule has 0 rings (SSSR count). The van der Waals surface area contributed by atoms with E-state index in [0.29, 0.717) is 11.4 Å². The van der Waals surface area contributed by atoms with E-state index in [-0.39, 0.29) is 5.96 Å². The van der Waals surface area contributed by atoms with Gasteiger partial charge in [-0.2, -0.15) is 0 Å². The molecule has 0 radical (unpaired) electrons. The summed E-state index contributed by atoms with van der Waals surface area (Å²) in [5, 5.41) is 3.49. The zero-order chi connectivity index (χ0) is 6.57. The van der Waals surface area contributed by atoms with E-state index in [0.717, 1.165) is 0 Å². The van der Waals surface area contributed by atoms with Gasteiger partial charge in [0.15, 0.2) is 0 Å². The highest BCUT2D eigenvalue weighted by molar-refractivity contribution is 5.86. The number of nitrogens with zero attached hydrogens (tertiary/aromatic N) is 2. The van der Waals surface area contributed by atoms with Gasteiger partial charge >= 0.3 is 0 Å². The molecule has 0 bridgehead atoms. The Hall–Kier alpha value is -1.30. The molecular formula is C2H7N5O. The first kappa shape index (κ1) is 6.70. The lowest BCUT2D eigenvalue weighted by atomic mass is 10.9. The quantitative estimate of drug-likeness (QED) is 0.0880. The van der Waals surface area contributed by atoms with Crippen molar-refractivity contribution in [2.24, 2.45) is 22.5 Å². The van der Waals surface area contributed by atoms with Crippen molar-refractivity contribution in [2.75, 3.05) is 0 Å². The van der Waals surface area contributed by atoms with Crippen molar-refractivity contribution in [2.45, 2.75) is 0 Å². The van der Waals surface area contributed by atoms with Crippen LogP contribution in [0, 0.1) is 0 Å². The number of hydrogen-bond donors (Lipinski definition) is 3. The second-order valence-corrected chi connectivity index (χ2v) is 1.000. The first-order valence-electron chi connectivity index (χ1n) is 1.75. The Morgan fingerprint density at radius 1 is 1.75 bits per heavy atom. The summed E-state index contributed by atoms with van der Waals surface area (Å²) in [6, 6.07) is 0. The molecule has 0 aliphatic heterocycles. The first-order valence-corrected chi connectivity index (χ1v) is 1.75. The van der Waals surface area contributed by atoms with Crippen molar-refractivity contribution < 1.29 is 4.79 Å². The van der Waals surface area contributed by atoms with Gasteiger partial charge in [0.1, 0.15) is 0 Å². The van der Waals surface area contributed by atoms with Crippen molar-refractivity contribution in [3.05, 3.63) is 0 Å². The van der Waals surface area contributed by atoms with Gasteiger partial charge in [0.2, 0.25) is 12.4 Å². The molecule has 0 aromatic carbocycles. The molecule has 6 nitrogen and oxygen atoms in total. The standard InChI is InChI=1S/C2H7N5O/c3-2(6-4)7(5)1-8/h1H,4-5H2,(H2,3,6). The highest BCUT2D eigenvalue weighted by Crippen LogP contribution is 1.63. The molecule has 0 saturated carbocycles. The molecule has 0 aliphatic carbocycles. The van der Waals surface area contributed by atoms with E-state index >= 15 is 0 Å². The maximum absolute atomic E-state index is 9.69. The Kier molecular flexibility index (Phi) is 2.35. The molecule has 0 aliphatic rings. The zero-order valence-corrected chi connectivity index (χ0v) is 4.11. The fourth-order valence-electron chi connectivity index (χ4n) is 0.121. The Labute approximate surface area is 45.9 Å². The predicted molar refractivity (Wildman–Crippen MR) is 27.9 cm³/mol. The number of hydrazone groups is 1. The molecule has 6 N–H and O–H groups in total. The summed E-state index contributed by atoms with van der Waals surface area (Å²) < 4.78 is 0. The van der Waals surface area contributed by atoms with E-state index in [1.165, 1.54) is 0 Å². The molecule has 6 heteroatoms. The molecule has 0 fully saturated rings. The Morgan fingerprint density at radius 2 is 2.25 bits per heavy atom. The minimum Gasteiger partial charge on any atom is -0.367 e. The van der Waals surface area contributed by atoms with Crippen LogP contribution in [0.4, 0.5) is 0 Å². The van der Waals surface area contributed by atoms with Gasteiger partial charge < -0.3 is 11.6 Å². The van der Waals surface area contributed by atoms with Gasteiger partial charge in [0.25, 0.3) is 0 Å². The summed E-state index contributed by atoms with van der Waals surface area (Å²) in [4.78, 5) is 9.69. The van der Waals surface area contributed by atoms with Gasteiger partial charge in [0, 0.05) is 0 Å². The Morgan fingerprint density at radius 3 is 2.38 bits per heavy atom. The van der Waals surface area contributed by atoms with Crippen LogP contribution in [-0.4, -0.2) is 17.4 Å². The Bertz CT molecular complexity index is 109. The summed E-state index contributed by atoms with van der Waals surface area (Å²) in [5.41, 5.74) is 4.92. The topological polar surface area (TPSA) is 111 Å². The number of guanidine groups is 1. The molecule has 0 spiro atoms. The van der Waals surface area contributed by atoms with E-state index in [4.69, 9.17) is 11.6 Å². The van der Waals surface area contributed by atoms with E-state index in [9.17, 15) is 4.79 Å². The van der Waals surface area contributed by atoms with Gasteiger partial charge in [-0.15, -0.1) is 5.10 Å². The lowest BCUT2D eigenvalue weighted by Gasteiger charge is -2.04. The molecule has 0 aromatic rings. The molecule has 0 aromatic heterocycles. The summed E-state index contributed by atoms with van der Waals surface area (Å²) >= 11 is 0. The van der Waals surface area contributed by atoms with Crippen molar-refractivity contribution in [1.29, 1.82) is 0 Å². The van der Waals surface area contributed by atoms with Crippen molar-refractivity contribution >= 4 is 12.4 Å². The molecule has 0 heterocycles. The van der Waals surface area contributed by atoms with Crippen LogP contribution >= 0.6 is 0 Å². The molecule has 1 amide bonds. The van der Waals surface area contributed by atoms with Crippen LogP contribution in [0.2, 0.25) is 0 Å². The second-order valence-electron chi connectivity index (χ2n) is 1.000. The highest BCUT2D eigenvalue weighted by atomic mass is 16.1. The van der Waals surface area contributed by atoms with E-state index in [1.807, 2.05) is 0 Å². The van der Waals surface area contributed by atoms with Gasteiger partial charge in [-0.25, -0.2) is 10.9 Å². The summed E-state index contributed by atoms with van der Waals surface area (Å²) in [6.07, 6.45) is 0.297. The average Bonchev–Trinajstić information content (AvgIpc) is 1.84. The second kappa shape index (κ2) is 2.80. The van der Waals surface area contributed by atoms with Crippen LogP contribution in [0.1, 0.15) is 0 Å². The summed E-state index contributed by atoms with van der Waals surface area (Å²) in [5.74, 6) is 9.27. The summed E-state index contributed by atoms with van der Waals surface area (Å²) in [7, 11) is 0. The zero-order valence-electron chi connectivity index (χ0n) is 4.11. The number of hydrogen-bond acceptors (Lipinski definition) is 4. The first-order chi connectivity index (χ1) is 3.72. The fourth-order valence-corrected chi connectivity index (χ4v) is 0.121. The number of carbonyl (C=O) groups excluding carboxylic acids is 1. The molecule has 0 unspecified atom stereocenters. The fraction of sp³-hybridized carbons (Fsp3) is 0. The van der Waals surface area contributed by atoms with Gasteiger partial charge in [-0.05, 0) is 0 Å². The normalized spacial score (nSPS) is 10.9. The number of hydrazine groups is 1. The Balaban J connectivity index is 3.81. The maximum Gasteiger partial charge on any atom is 0.234 e. The van der Waals surface area contributed by atoms with Crippen molar-refractivity contribution in [3.63, 3.8) is 0 Å². The molecule has 8 heavy (non-hydrogen) atoms. The molecule has 46 valence electrons. The maximum atomic E-state index is 9.69. The highest BCUT2D eigenvalue weighted by Gasteiger charge is 1.95.